The van der Waals surface area contributed by atoms with Gasteiger partial charge in [-0.05, 0) is 59.9 Å². The number of carbonyl (C=O) groups is 2. The summed E-state index contributed by atoms with van der Waals surface area (Å²) < 4.78 is 5.78. The molecule has 1 aliphatic heterocycles. The minimum absolute atomic E-state index is 0.0341. The summed E-state index contributed by atoms with van der Waals surface area (Å²) in [5.41, 5.74) is 4.23. The van der Waals surface area contributed by atoms with Crippen LogP contribution in [0.1, 0.15) is 54.6 Å². The summed E-state index contributed by atoms with van der Waals surface area (Å²) in [5, 5.41) is 2.80. The molecule has 4 rings (SSSR count). The van der Waals surface area contributed by atoms with E-state index in [9.17, 15) is 9.59 Å². The van der Waals surface area contributed by atoms with Crippen LogP contribution in [0.5, 0.6) is 5.75 Å². The van der Waals surface area contributed by atoms with Gasteiger partial charge in [0.2, 0.25) is 5.91 Å². The highest BCUT2D eigenvalue weighted by atomic mass is 32.2. The number of rotatable bonds is 6. The Morgan fingerprint density at radius 3 is 2.50 bits per heavy atom. The maximum Gasteiger partial charge on any atom is 0.255 e. The van der Waals surface area contributed by atoms with Crippen LogP contribution in [-0.2, 0) is 10.2 Å². The number of anilines is 2. The maximum absolute atomic E-state index is 12.9. The summed E-state index contributed by atoms with van der Waals surface area (Å²) in [6, 6.07) is 23.0. The second-order valence-electron chi connectivity index (χ2n) is 9.23. The third-order valence-electron chi connectivity index (χ3n) is 5.74. The minimum Gasteiger partial charge on any atom is -0.492 e. The molecule has 1 heterocycles. The smallest absolute Gasteiger partial charge is 0.255 e. The van der Waals surface area contributed by atoms with Gasteiger partial charge in [-0.2, -0.15) is 0 Å². The molecular formula is C28H30N2O3S. The molecule has 2 amide bonds. The van der Waals surface area contributed by atoms with E-state index in [2.05, 4.69) is 26.1 Å². The van der Waals surface area contributed by atoms with Gasteiger partial charge in [0.05, 0.1) is 18.0 Å². The van der Waals surface area contributed by atoms with Crippen molar-refractivity contribution in [3.8, 4) is 5.75 Å². The largest absolute Gasteiger partial charge is 0.492 e. The number of nitrogens with one attached hydrogen (secondary N) is 1. The molecule has 1 atom stereocenters. The molecule has 1 aliphatic rings. The number of amides is 2. The first-order valence-corrected chi connectivity index (χ1v) is 12.5. The first-order chi connectivity index (χ1) is 16.3. The number of thioether (sulfide) groups is 1. The highest BCUT2D eigenvalue weighted by Gasteiger charge is 2.35. The Bertz CT molecular complexity index is 1180. The normalized spacial score (nSPS) is 15.9. The van der Waals surface area contributed by atoms with Crippen LogP contribution in [0.4, 0.5) is 11.4 Å². The van der Waals surface area contributed by atoms with Gasteiger partial charge in [0.1, 0.15) is 11.1 Å². The van der Waals surface area contributed by atoms with Gasteiger partial charge in [-0.1, -0.05) is 57.2 Å². The average Bonchev–Trinajstić information content (AvgIpc) is 3.20. The molecule has 1 saturated heterocycles. The average molecular weight is 475 g/mol. The Labute approximate surface area is 205 Å². The topological polar surface area (TPSA) is 58.6 Å². The lowest BCUT2D eigenvalue weighted by atomic mass is 9.87. The van der Waals surface area contributed by atoms with E-state index in [1.54, 1.807) is 16.7 Å². The molecule has 6 heteroatoms. The van der Waals surface area contributed by atoms with Gasteiger partial charge >= 0.3 is 0 Å². The number of ether oxygens (including phenoxy) is 1. The monoisotopic (exact) mass is 474 g/mol. The number of nitrogens with zero attached hydrogens (tertiary/aromatic N) is 1. The van der Waals surface area contributed by atoms with Crippen molar-refractivity contribution in [1.29, 1.82) is 0 Å². The predicted octanol–water partition coefficient (Wildman–Crippen LogP) is 6.41. The van der Waals surface area contributed by atoms with Crippen molar-refractivity contribution in [2.24, 2.45) is 0 Å². The van der Waals surface area contributed by atoms with E-state index in [0.29, 0.717) is 29.4 Å². The van der Waals surface area contributed by atoms with Crippen LogP contribution in [0.15, 0.2) is 72.8 Å². The summed E-state index contributed by atoms with van der Waals surface area (Å²) in [5.74, 6) is 0.956. The number of benzene rings is 3. The van der Waals surface area contributed by atoms with E-state index in [4.69, 9.17) is 4.74 Å². The molecule has 0 unspecified atom stereocenters. The molecular weight excluding hydrogens is 444 g/mol. The van der Waals surface area contributed by atoms with E-state index < -0.39 is 0 Å². The standard InChI is InChI=1S/C28H30N2O3S/c1-5-33-24-12-7-6-11-23(24)30-25(31)18-34-27(30)20-9-8-10-22(17-20)29-26(32)19-13-15-21(16-14-19)28(2,3)4/h6-17,27H,5,18H2,1-4H3,(H,29,32)/t27-/m0/s1. The van der Waals surface area contributed by atoms with Gasteiger partial charge in [-0.3, -0.25) is 14.5 Å². The van der Waals surface area contributed by atoms with Crippen molar-refractivity contribution in [3.63, 3.8) is 0 Å². The van der Waals surface area contributed by atoms with Crippen molar-refractivity contribution >= 4 is 35.0 Å². The van der Waals surface area contributed by atoms with Crippen molar-refractivity contribution in [1.82, 2.24) is 0 Å². The minimum atomic E-state index is -0.197. The number of para-hydroxylation sites is 2. The van der Waals surface area contributed by atoms with Crippen LogP contribution in [0.25, 0.3) is 0 Å². The molecule has 34 heavy (non-hydrogen) atoms. The summed E-state index contributed by atoms with van der Waals surface area (Å²) in [6.45, 7) is 8.90. The van der Waals surface area contributed by atoms with Crippen LogP contribution in [0, 0.1) is 0 Å². The molecule has 0 saturated carbocycles. The fourth-order valence-corrected chi connectivity index (χ4v) is 5.12. The Balaban J connectivity index is 1.56. The molecule has 0 bridgehead atoms. The summed E-state index contributed by atoms with van der Waals surface area (Å²) in [7, 11) is 0. The maximum atomic E-state index is 12.9. The van der Waals surface area contributed by atoms with Gasteiger partial charge < -0.3 is 10.1 Å². The lowest BCUT2D eigenvalue weighted by molar-refractivity contribution is -0.115. The summed E-state index contributed by atoms with van der Waals surface area (Å²) in [4.78, 5) is 27.5. The highest BCUT2D eigenvalue weighted by Crippen LogP contribution is 2.45. The molecule has 0 spiro atoms. The first kappa shape index (κ1) is 23.9. The number of carbonyl (C=O) groups excluding carboxylic acids is 2. The molecule has 176 valence electrons. The first-order valence-electron chi connectivity index (χ1n) is 11.5. The van der Waals surface area contributed by atoms with Crippen molar-refractivity contribution in [2.45, 2.75) is 38.5 Å². The van der Waals surface area contributed by atoms with Gasteiger partial charge in [-0.15, -0.1) is 11.8 Å². The third kappa shape index (κ3) is 5.12. The lowest BCUT2D eigenvalue weighted by Crippen LogP contribution is -2.28. The zero-order valence-electron chi connectivity index (χ0n) is 20.0. The van der Waals surface area contributed by atoms with Crippen LogP contribution in [0.3, 0.4) is 0 Å². The Kier molecular flexibility index (Phi) is 6.98. The Morgan fingerprint density at radius 1 is 1.06 bits per heavy atom. The van der Waals surface area contributed by atoms with E-state index in [-0.39, 0.29) is 22.6 Å². The van der Waals surface area contributed by atoms with Crippen molar-refractivity contribution in [2.75, 3.05) is 22.6 Å². The second kappa shape index (κ2) is 9.94. The molecule has 0 aromatic heterocycles. The summed E-state index contributed by atoms with van der Waals surface area (Å²) >= 11 is 1.57. The third-order valence-corrected chi connectivity index (χ3v) is 6.95. The van der Waals surface area contributed by atoms with Crippen LogP contribution < -0.4 is 15.0 Å². The van der Waals surface area contributed by atoms with E-state index in [1.807, 2.05) is 79.7 Å². The fourth-order valence-electron chi connectivity index (χ4n) is 3.96. The second-order valence-corrected chi connectivity index (χ2v) is 10.3. The summed E-state index contributed by atoms with van der Waals surface area (Å²) in [6.07, 6.45) is 0. The number of hydrogen-bond donors (Lipinski definition) is 1. The Morgan fingerprint density at radius 2 is 1.79 bits per heavy atom. The highest BCUT2D eigenvalue weighted by molar-refractivity contribution is 8.00. The lowest BCUT2D eigenvalue weighted by Gasteiger charge is -2.26. The molecule has 3 aromatic rings. The SMILES string of the molecule is CCOc1ccccc1N1C(=O)CS[C@H]1c1cccc(NC(=O)c2ccc(C(C)(C)C)cc2)c1. The van der Waals surface area contributed by atoms with Crippen LogP contribution in [0.2, 0.25) is 0 Å². The molecule has 3 aromatic carbocycles. The van der Waals surface area contributed by atoms with Gasteiger partial charge in [-0.25, -0.2) is 0 Å². The number of hydrogen-bond acceptors (Lipinski definition) is 4. The van der Waals surface area contributed by atoms with Crippen molar-refractivity contribution < 1.29 is 14.3 Å². The predicted molar refractivity (Wildman–Crippen MR) is 140 cm³/mol. The molecule has 1 fully saturated rings. The van der Waals surface area contributed by atoms with E-state index in [1.165, 1.54) is 5.56 Å². The van der Waals surface area contributed by atoms with Crippen LogP contribution in [-0.4, -0.2) is 24.2 Å². The van der Waals surface area contributed by atoms with Gasteiger partial charge in [0.25, 0.3) is 5.91 Å². The van der Waals surface area contributed by atoms with Gasteiger partial charge in [0, 0.05) is 11.3 Å². The molecule has 1 N–H and O–H groups in total. The molecule has 5 nitrogen and oxygen atoms in total. The quantitative estimate of drug-likeness (QED) is 0.448. The molecule has 0 aliphatic carbocycles. The zero-order chi connectivity index (χ0) is 24.3. The zero-order valence-corrected chi connectivity index (χ0v) is 20.8. The van der Waals surface area contributed by atoms with E-state index in [0.717, 1.165) is 11.3 Å². The van der Waals surface area contributed by atoms with Crippen molar-refractivity contribution in [3.05, 3.63) is 89.5 Å². The van der Waals surface area contributed by atoms with Gasteiger partial charge in [0.15, 0.2) is 0 Å². The Hall–Kier alpha value is -3.25. The molecule has 0 radical (unpaired) electrons. The van der Waals surface area contributed by atoms with Crippen LogP contribution >= 0.6 is 11.8 Å². The van der Waals surface area contributed by atoms with E-state index >= 15 is 0 Å². The fraction of sp³-hybridized carbons (Fsp3) is 0.286.